The zero-order valence-electron chi connectivity index (χ0n) is 17.4. The van der Waals surface area contributed by atoms with E-state index in [9.17, 15) is 9.59 Å². The van der Waals surface area contributed by atoms with E-state index in [0.29, 0.717) is 29.5 Å². The molecule has 1 amide bonds. The highest BCUT2D eigenvalue weighted by Gasteiger charge is 2.42. The van der Waals surface area contributed by atoms with Gasteiger partial charge in [-0.05, 0) is 53.9 Å². The van der Waals surface area contributed by atoms with Crippen molar-refractivity contribution in [3.63, 3.8) is 0 Å². The summed E-state index contributed by atoms with van der Waals surface area (Å²) in [6.45, 7) is 0.450. The molecule has 0 N–H and O–H groups in total. The van der Waals surface area contributed by atoms with Gasteiger partial charge in [0.05, 0.1) is 24.1 Å². The number of hydrogen-bond acceptors (Lipinski definition) is 4. The third kappa shape index (κ3) is 3.50. The molecule has 0 fully saturated rings. The second kappa shape index (κ2) is 8.28. The lowest BCUT2D eigenvalue weighted by molar-refractivity contribution is 0.0730. The summed E-state index contributed by atoms with van der Waals surface area (Å²) in [6.07, 6.45) is 0.643. The number of amides is 1. The molecule has 0 saturated heterocycles. The quantitative estimate of drug-likeness (QED) is 0.379. The molecule has 5 rings (SSSR count). The zero-order chi connectivity index (χ0) is 22.2. The first-order valence-corrected chi connectivity index (χ1v) is 11.1. The van der Waals surface area contributed by atoms with E-state index in [0.717, 1.165) is 21.3 Å². The van der Waals surface area contributed by atoms with Crippen LogP contribution in [0.5, 0.6) is 5.75 Å². The van der Waals surface area contributed by atoms with Gasteiger partial charge in [-0.3, -0.25) is 9.59 Å². The van der Waals surface area contributed by atoms with Gasteiger partial charge in [-0.2, -0.15) is 0 Å². The van der Waals surface area contributed by atoms with Crippen molar-refractivity contribution in [1.82, 2.24) is 4.90 Å². The first-order valence-electron chi connectivity index (χ1n) is 10.3. The summed E-state index contributed by atoms with van der Waals surface area (Å²) in [6, 6.07) is 22.1. The summed E-state index contributed by atoms with van der Waals surface area (Å²) in [5.74, 6) is 0.660. The van der Waals surface area contributed by atoms with Gasteiger partial charge in [0, 0.05) is 11.0 Å². The van der Waals surface area contributed by atoms with Gasteiger partial charge in [0.1, 0.15) is 11.3 Å². The largest absolute Gasteiger partial charge is 0.497 e. The van der Waals surface area contributed by atoms with E-state index in [1.54, 1.807) is 36.3 Å². The molecule has 1 aliphatic rings. The van der Waals surface area contributed by atoms with Crippen molar-refractivity contribution < 1.29 is 13.9 Å². The summed E-state index contributed by atoms with van der Waals surface area (Å²) >= 11 is 3.46. The highest BCUT2D eigenvalue weighted by Crippen LogP contribution is 2.38. The summed E-state index contributed by atoms with van der Waals surface area (Å²) < 4.78 is 12.1. The fraction of sp³-hybridized carbons (Fsp3) is 0.154. The maximum atomic E-state index is 13.4. The van der Waals surface area contributed by atoms with Crippen molar-refractivity contribution in [2.75, 3.05) is 13.7 Å². The number of ether oxygens (including phenoxy) is 1. The Hall–Kier alpha value is -3.38. The maximum absolute atomic E-state index is 13.4. The van der Waals surface area contributed by atoms with Crippen LogP contribution < -0.4 is 10.2 Å². The smallest absolute Gasteiger partial charge is 0.290 e. The van der Waals surface area contributed by atoms with Gasteiger partial charge in [0.25, 0.3) is 5.91 Å². The molecule has 0 spiro atoms. The molecule has 2 heterocycles. The molecule has 3 aromatic carbocycles. The molecule has 32 heavy (non-hydrogen) atoms. The maximum Gasteiger partial charge on any atom is 0.290 e. The van der Waals surface area contributed by atoms with E-state index in [2.05, 4.69) is 15.9 Å². The highest BCUT2D eigenvalue weighted by atomic mass is 79.9. The van der Waals surface area contributed by atoms with Crippen LogP contribution in [0.1, 0.15) is 33.3 Å². The molecule has 1 atom stereocenters. The summed E-state index contributed by atoms with van der Waals surface area (Å²) in [5, 5.41) is 0.484. The molecule has 0 bridgehead atoms. The first-order chi connectivity index (χ1) is 15.6. The predicted molar refractivity (Wildman–Crippen MR) is 126 cm³/mol. The van der Waals surface area contributed by atoms with Gasteiger partial charge < -0.3 is 14.1 Å². The number of carbonyl (C=O) groups is 1. The minimum atomic E-state index is -0.496. The Morgan fingerprint density at radius 3 is 2.41 bits per heavy atom. The number of nitrogens with zero attached hydrogens (tertiary/aromatic N) is 1. The molecule has 4 aromatic rings. The number of carbonyl (C=O) groups excluding carboxylic acids is 1. The van der Waals surface area contributed by atoms with Crippen molar-refractivity contribution in [3.05, 3.63) is 110 Å². The Labute approximate surface area is 193 Å². The van der Waals surface area contributed by atoms with Crippen LogP contribution in [0.25, 0.3) is 11.0 Å². The minimum absolute atomic E-state index is 0.136. The van der Waals surface area contributed by atoms with Crippen LogP contribution in [0.2, 0.25) is 0 Å². The zero-order valence-corrected chi connectivity index (χ0v) is 19.0. The molecule has 160 valence electrons. The molecule has 1 aromatic heterocycles. The molecule has 0 radical (unpaired) electrons. The van der Waals surface area contributed by atoms with Gasteiger partial charge in [-0.25, -0.2) is 0 Å². The number of fused-ring (bicyclic) bond motifs is 2. The second-order valence-electron chi connectivity index (χ2n) is 7.72. The fourth-order valence-electron chi connectivity index (χ4n) is 4.23. The lowest BCUT2D eigenvalue weighted by Gasteiger charge is -2.25. The Morgan fingerprint density at radius 2 is 1.69 bits per heavy atom. The van der Waals surface area contributed by atoms with E-state index in [1.807, 2.05) is 48.5 Å². The van der Waals surface area contributed by atoms with Crippen LogP contribution in [0, 0.1) is 0 Å². The van der Waals surface area contributed by atoms with E-state index in [4.69, 9.17) is 9.15 Å². The van der Waals surface area contributed by atoms with Gasteiger partial charge in [0.2, 0.25) is 5.76 Å². The average Bonchev–Trinajstić information content (AvgIpc) is 3.10. The van der Waals surface area contributed by atoms with Crippen molar-refractivity contribution in [1.29, 1.82) is 0 Å². The molecule has 0 unspecified atom stereocenters. The van der Waals surface area contributed by atoms with E-state index < -0.39 is 6.04 Å². The summed E-state index contributed by atoms with van der Waals surface area (Å²) in [7, 11) is 1.63. The van der Waals surface area contributed by atoms with Gasteiger partial charge in [-0.1, -0.05) is 52.3 Å². The van der Waals surface area contributed by atoms with Crippen molar-refractivity contribution in [3.8, 4) is 5.75 Å². The SMILES string of the molecule is COc1ccc(CCN2C(=O)c3oc4ccccc4c(=O)c3[C@H]2c2ccc(Br)cc2)cc1. The normalized spacial score (nSPS) is 15.2. The Kier molecular flexibility index (Phi) is 5.31. The van der Waals surface area contributed by atoms with Crippen LogP contribution in [0.4, 0.5) is 0 Å². The van der Waals surface area contributed by atoms with Crippen LogP contribution in [0.3, 0.4) is 0 Å². The van der Waals surface area contributed by atoms with Crippen LogP contribution in [0.15, 0.2) is 86.5 Å². The molecule has 5 nitrogen and oxygen atoms in total. The minimum Gasteiger partial charge on any atom is -0.497 e. The van der Waals surface area contributed by atoms with Gasteiger partial charge in [-0.15, -0.1) is 0 Å². The van der Waals surface area contributed by atoms with Crippen molar-refractivity contribution in [2.45, 2.75) is 12.5 Å². The van der Waals surface area contributed by atoms with E-state index in [1.165, 1.54) is 0 Å². The van der Waals surface area contributed by atoms with Crippen molar-refractivity contribution in [2.24, 2.45) is 0 Å². The number of para-hydroxylation sites is 1. The molecular weight excluding hydrogens is 470 g/mol. The second-order valence-corrected chi connectivity index (χ2v) is 8.64. The number of rotatable bonds is 5. The molecule has 0 saturated carbocycles. The number of benzene rings is 3. The predicted octanol–water partition coefficient (Wildman–Crippen LogP) is 5.35. The lowest BCUT2D eigenvalue weighted by Crippen LogP contribution is -2.31. The van der Waals surface area contributed by atoms with Crippen LogP contribution in [-0.4, -0.2) is 24.5 Å². The van der Waals surface area contributed by atoms with Gasteiger partial charge in [0.15, 0.2) is 5.43 Å². The molecule has 1 aliphatic heterocycles. The number of hydrogen-bond donors (Lipinski definition) is 0. The Balaban J connectivity index is 1.58. The van der Waals surface area contributed by atoms with E-state index >= 15 is 0 Å². The molecule has 6 heteroatoms. The highest BCUT2D eigenvalue weighted by molar-refractivity contribution is 9.10. The fourth-order valence-corrected chi connectivity index (χ4v) is 4.50. The number of halogens is 1. The summed E-state index contributed by atoms with van der Waals surface area (Å²) in [4.78, 5) is 28.6. The summed E-state index contributed by atoms with van der Waals surface area (Å²) in [5.41, 5.74) is 2.63. The third-order valence-corrected chi connectivity index (χ3v) is 6.39. The topological polar surface area (TPSA) is 59.8 Å². The van der Waals surface area contributed by atoms with Crippen molar-refractivity contribution >= 4 is 32.8 Å². The molecular formula is C26H20BrNO4. The average molecular weight is 490 g/mol. The first kappa shape index (κ1) is 20.5. The third-order valence-electron chi connectivity index (χ3n) is 5.86. The van der Waals surface area contributed by atoms with Crippen LogP contribution >= 0.6 is 15.9 Å². The van der Waals surface area contributed by atoms with E-state index in [-0.39, 0.29) is 17.1 Å². The number of methoxy groups -OCH3 is 1. The molecule has 0 aliphatic carbocycles. The van der Waals surface area contributed by atoms with Crippen LogP contribution in [-0.2, 0) is 6.42 Å². The standard InChI is InChI=1S/C26H20BrNO4/c1-31-19-12-6-16(7-13-19)14-15-28-23(17-8-10-18(27)11-9-17)22-24(29)20-4-2-3-5-21(20)32-25(22)26(28)30/h2-13,23H,14-15H2,1H3/t23-/m1/s1. The lowest BCUT2D eigenvalue weighted by atomic mass is 9.98. The Bertz CT molecular complexity index is 1360. The monoisotopic (exact) mass is 489 g/mol. The Morgan fingerprint density at radius 1 is 0.969 bits per heavy atom. The van der Waals surface area contributed by atoms with Gasteiger partial charge >= 0.3 is 0 Å².